The van der Waals surface area contributed by atoms with Crippen LogP contribution in [0, 0.1) is 82.0 Å². The molecular formula is C96H118Br4Cl3N21O14S10. The van der Waals surface area contributed by atoms with Crippen molar-refractivity contribution in [2.75, 3.05) is 62.0 Å². The van der Waals surface area contributed by atoms with E-state index >= 15 is 0 Å². The number of hydrogen-bond donors (Lipinski definition) is 7. The molecular weight excluding hydrogens is 2420 g/mol. The van der Waals surface area contributed by atoms with Gasteiger partial charge >= 0.3 is 24.1 Å². The summed E-state index contributed by atoms with van der Waals surface area (Å²) >= 11 is 43.1. The molecule has 148 heavy (non-hydrogen) atoms. The standard InChI is InChI=1S/C28H26BrN7O3.C16H20BrN3O3.C16H14N4O3.C12H14BrN3O.C11H17NO4.C6H7BrN2.C6H12ClN.CH4.2ClH.S4.S3.S2.H2S/c1-14-4-7-23(29)32-27(14)33-28(39)26-20-9-18(20)12-35(26)24(38)13-36-22-6-5-17(19-10-30-16(3)31-11-19)8-21(22)25(34-36)15(2)37;1-16(2,3)23-15(22)20-8-9-7-10(9)13(20)14(21)19-12-6-4-5-11(17)18-12;1-9(21)16-13-5-11(12-6-17-10(2)18-7-12)3-4-14(13)20(19-16)8-15(22)23;1-6-2-3-9(13)15-11(6)16-12(17)10-8-4-7(8)5-14-10;1-11(2,3)16-10(15)12-5-6-4-7(6)8(12)9(13)14;1-4-2-3-5(7)9-6(4)8;1-5(2)6(7)8(3)4;;;;1-3-4-2;1-3-2;1-2;/h4-8,10-11,18,20,26H,9,12-13H2,1-3H3,(H,32,33,39);4-6,9-10,13H,7-8H2,1-3H3,(H,18,19,21);3-7H,8H2,1-2H3,(H,22,23);2-3,7-8,10,14H,4-5H2,1H3,(H,15,16,17);6-8H,4-5H2,1-3H3,(H,13,14);2-3H,1H3,(H2,8,9);1-4H3;1H4;2*1H;;;;1H2/t18-,20-,26-;9-,10-,13-;;7-,8-,10-;6-,7-,8-;;;;;;;;;/m00.00........./s1. The lowest BCUT2D eigenvalue weighted by Crippen LogP contribution is -2.47. The molecule has 0 spiro atoms. The number of halogens is 7. The second-order valence-corrected chi connectivity index (χ2v) is 46.1. The van der Waals surface area contributed by atoms with Gasteiger partial charge in [0.1, 0.15) is 112 Å². The summed E-state index contributed by atoms with van der Waals surface area (Å²) < 4.78 is 16.3. The second-order valence-electron chi connectivity index (χ2n) is 37.2. The van der Waals surface area contributed by atoms with Crippen LogP contribution in [0.3, 0.4) is 0 Å². The third-order valence-corrected chi connectivity index (χ3v) is 28.3. The van der Waals surface area contributed by atoms with E-state index in [9.17, 15) is 47.9 Å². The lowest BCUT2D eigenvalue weighted by atomic mass is 10.0. The summed E-state index contributed by atoms with van der Waals surface area (Å²) in [5.74, 6) is 3.47. The van der Waals surface area contributed by atoms with Crippen LogP contribution < -0.4 is 27.0 Å². The van der Waals surface area contributed by atoms with E-state index in [1.807, 2.05) is 148 Å². The first-order valence-electron chi connectivity index (χ1n) is 44.9. The van der Waals surface area contributed by atoms with Crippen molar-refractivity contribution < 1.29 is 67.6 Å². The van der Waals surface area contributed by atoms with E-state index in [2.05, 4.69) is 202 Å². The number of pyridine rings is 4. The predicted octanol–water partition coefficient (Wildman–Crippen LogP) is 17.5. The number of likely N-dealkylation sites (tertiary alicyclic amines) is 3. The average Bonchev–Trinajstić information content (AvgIpc) is 1.58. The maximum absolute atomic E-state index is 13.6. The van der Waals surface area contributed by atoms with Crippen LogP contribution in [0.4, 0.5) is 32.9 Å². The molecule has 800 valence electrons. The van der Waals surface area contributed by atoms with Crippen LogP contribution in [-0.2, 0) is 145 Å². The number of benzene rings is 2. The molecule has 12 heterocycles. The lowest BCUT2D eigenvalue weighted by molar-refractivity contribution is -0.143. The number of aryl methyl sites for hydroxylation is 5. The number of carboxylic acid groups (broad SMARTS) is 2. The number of aromatic nitrogens is 12. The zero-order valence-corrected chi connectivity index (χ0v) is 100.0. The van der Waals surface area contributed by atoms with E-state index in [4.69, 9.17) is 37.0 Å². The molecule has 6 amide bonds. The maximum Gasteiger partial charge on any atom is 0.411 e. The van der Waals surface area contributed by atoms with E-state index in [-0.39, 0.29) is 124 Å². The molecule has 8 fully saturated rings. The van der Waals surface area contributed by atoms with Crippen LogP contribution in [0.2, 0.25) is 0 Å². The number of ether oxygens (including phenoxy) is 2. The lowest BCUT2D eigenvalue weighted by Gasteiger charge is -2.29. The van der Waals surface area contributed by atoms with Crippen molar-refractivity contribution in [1.29, 1.82) is 0 Å². The number of piperidine rings is 4. The minimum absolute atomic E-state index is 0. The Labute approximate surface area is 956 Å². The molecule has 52 heteroatoms. The van der Waals surface area contributed by atoms with Gasteiger partial charge in [-0.1, -0.05) is 55.4 Å². The summed E-state index contributed by atoms with van der Waals surface area (Å²) in [6, 6.07) is 25.9. The molecule has 0 radical (unpaired) electrons. The SMILES string of the molecule is C.CC(=O)c1nn(CC(=O)N2C[C@@H]3C[C@@H]3[C@H]2C(=O)Nc2nc(Br)ccc2C)c2ccc(-c3cnc(C)nc3)cc12.CC(=O)c1nn(CC(=O)O)c2ccc(-c3cnc(C)nc3)cc12.CC(C)(C)OC(=O)N1C[C@@H]2C[C@@H]2[C@H]1C(=O)Nc1cccc(Br)n1.CC(C)(C)OC(=O)N1C[C@@H]2C[C@@H]2[C@H]1C(=O)O.CC(C)=C(Cl)N(C)C.Cc1ccc(Br)nc1N.Cc1ccc(Br)nc1NC(=O)[C@H]1NC[C@@H]2C[C@@H]21.Cl.Cl.S.S=S.S=S=S.S=S=S=S. The number of anilines is 4. The average molecular weight is 2540 g/mol. The number of carbonyl (C=O) groups excluding carboxylic acids is 8. The summed E-state index contributed by atoms with van der Waals surface area (Å²) in [5, 5.41) is 40.7. The highest BCUT2D eigenvalue weighted by Crippen LogP contribution is 2.53. The summed E-state index contributed by atoms with van der Waals surface area (Å²) in [4.78, 5) is 162. The van der Waals surface area contributed by atoms with E-state index in [0.29, 0.717) is 115 Å². The van der Waals surface area contributed by atoms with Crippen molar-refractivity contribution in [1.82, 2.24) is 84.3 Å². The summed E-state index contributed by atoms with van der Waals surface area (Å²) in [6.07, 6.45) is 9.99. The van der Waals surface area contributed by atoms with Crippen molar-refractivity contribution in [2.45, 2.75) is 185 Å². The van der Waals surface area contributed by atoms with Gasteiger partial charge in [0, 0.05) is 188 Å². The molecule has 4 aliphatic carbocycles. The number of allylic oxidation sites excluding steroid dienone is 1. The Bertz CT molecular complexity index is 6610. The Kier molecular flexibility index (Phi) is 51.6. The van der Waals surface area contributed by atoms with Gasteiger partial charge in [-0.05, 0) is 321 Å². The van der Waals surface area contributed by atoms with Crippen LogP contribution in [0.25, 0.3) is 44.1 Å². The Morgan fingerprint density at radius 3 is 1.27 bits per heavy atom. The fourth-order valence-corrected chi connectivity index (χ4v) is 17.8. The van der Waals surface area contributed by atoms with Gasteiger partial charge in [0.15, 0.2) is 11.6 Å². The maximum atomic E-state index is 13.6. The van der Waals surface area contributed by atoms with Gasteiger partial charge in [0.2, 0.25) is 23.6 Å². The molecule has 10 aromatic rings. The van der Waals surface area contributed by atoms with Crippen LogP contribution in [0.15, 0.2) is 145 Å². The zero-order valence-electron chi connectivity index (χ0n) is 82.9. The van der Waals surface area contributed by atoms with Gasteiger partial charge in [-0.25, -0.2) is 54.3 Å². The van der Waals surface area contributed by atoms with E-state index in [1.165, 1.54) is 47.6 Å². The number of fused-ring (bicyclic) bond motifs is 6. The Hall–Kier alpha value is -8.74. The van der Waals surface area contributed by atoms with Gasteiger partial charge in [-0.15, -0.1) is 24.8 Å². The third kappa shape index (κ3) is 37.1. The number of nitrogen functional groups attached to an aromatic ring is 1. The molecule has 12 atom stereocenters. The molecule has 4 saturated heterocycles. The van der Waals surface area contributed by atoms with Crippen molar-refractivity contribution in [3.63, 3.8) is 0 Å². The topological polar surface area (TPSA) is 455 Å². The first kappa shape index (κ1) is 130. The number of nitrogens with two attached hydrogens (primary N) is 1. The minimum Gasteiger partial charge on any atom is -0.480 e. The van der Waals surface area contributed by atoms with Crippen molar-refractivity contribution in [3.05, 3.63) is 185 Å². The molecule has 8 aliphatic rings. The van der Waals surface area contributed by atoms with Gasteiger partial charge in [0.25, 0.3) is 0 Å². The molecule has 8 N–H and O–H groups in total. The van der Waals surface area contributed by atoms with Gasteiger partial charge < -0.3 is 56.5 Å². The minimum atomic E-state index is -1.01. The third-order valence-electron chi connectivity index (χ3n) is 23.6. The Morgan fingerprint density at radius 2 is 0.905 bits per heavy atom. The van der Waals surface area contributed by atoms with Gasteiger partial charge in [-0.3, -0.25) is 52.7 Å². The molecule has 4 saturated carbocycles. The first-order valence-corrected chi connectivity index (χ1v) is 56.4. The van der Waals surface area contributed by atoms with Gasteiger partial charge in [0.05, 0.1) is 17.1 Å². The predicted molar refractivity (Wildman–Crippen MR) is 621 cm³/mol. The first-order chi connectivity index (χ1) is 67.9. The number of aliphatic carboxylic acids is 2. The number of Topliss-reactive ketones (excluding diaryl/α,β-unsaturated/α-hetero) is 2. The number of amides is 6. The smallest absolute Gasteiger partial charge is 0.411 e. The molecule has 18 rings (SSSR count). The van der Waals surface area contributed by atoms with Crippen LogP contribution >= 0.6 is 114 Å². The number of hydrogen-bond acceptors (Lipinski definition) is 31. The summed E-state index contributed by atoms with van der Waals surface area (Å²) in [5.41, 5.74) is 13.5. The Morgan fingerprint density at radius 1 is 0.520 bits per heavy atom. The summed E-state index contributed by atoms with van der Waals surface area (Å²) in [7, 11) is 7.11. The van der Waals surface area contributed by atoms with Crippen LogP contribution in [0.5, 0.6) is 0 Å². The number of ketones is 2. The number of nitrogens with zero attached hydrogens (tertiary/aromatic N) is 16. The van der Waals surface area contributed by atoms with Crippen LogP contribution in [0.1, 0.15) is 152 Å². The number of rotatable bonds is 16. The highest BCUT2D eigenvalue weighted by molar-refractivity contribution is 9.11. The van der Waals surface area contributed by atoms with Crippen molar-refractivity contribution in [3.8, 4) is 22.3 Å². The molecule has 0 unspecified atom stereocenters. The molecule has 0 bridgehead atoms. The van der Waals surface area contributed by atoms with Gasteiger partial charge in [-0.2, -0.15) is 23.7 Å². The van der Waals surface area contributed by atoms with Crippen molar-refractivity contribution in [2.24, 2.45) is 47.3 Å². The monoisotopic (exact) mass is 2530 g/mol. The fraction of sp³-hybridized carbons (Fsp3) is 0.438. The van der Waals surface area contributed by atoms with E-state index in [1.54, 1.807) is 91.2 Å². The molecule has 4 aliphatic heterocycles. The highest BCUT2D eigenvalue weighted by Gasteiger charge is 2.60. The summed E-state index contributed by atoms with van der Waals surface area (Å²) in [6.45, 7) is 29.3. The number of carboxylic acids is 2. The molecule has 8 aromatic heterocycles. The number of carbonyl (C=O) groups is 10. The number of nitrogens with one attached hydrogen (secondary N) is 4. The quantitative estimate of drug-likeness (QED) is 0.0268. The van der Waals surface area contributed by atoms with E-state index < -0.39 is 53.5 Å². The Balaban J connectivity index is 0.000000313. The zero-order chi connectivity index (χ0) is 107. The molecule has 35 nitrogen and oxygen atoms in total. The highest BCUT2D eigenvalue weighted by atomic mass is 79.9. The van der Waals surface area contributed by atoms with E-state index in [0.717, 1.165) is 99.5 Å². The second kappa shape index (κ2) is 58.9. The largest absolute Gasteiger partial charge is 0.480 e. The fourth-order valence-electron chi connectivity index (χ4n) is 16.5. The normalized spacial score (nSPS) is 19.1. The van der Waals surface area contributed by atoms with Crippen LogP contribution in [-0.4, -0.2) is 224 Å². The van der Waals surface area contributed by atoms with Crippen molar-refractivity contribution >= 4 is 312 Å². The molecule has 2 aromatic carbocycles.